The molecule has 1 aliphatic rings. The minimum Gasteiger partial charge on any atom is -0.392 e. The standard InChI is InChI=1S/C13H19NO2/c15-10-12-5-3-11(4-6-12)8-14-7-1-2-13(16)9-14/h3-6,13,15-16H,1-2,7-10H2/t13-/m0/s1. The van der Waals surface area contributed by atoms with Crippen LogP contribution >= 0.6 is 0 Å². The van der Waals surface area contributed by atoms with E-state index >= 15 is 0 Å². The third kappa shape index (κ3) is 3.04. The van der Waals surface area contributed by atoms with E-state index in [2.05, 4.69) is 4.90 Å². The van der Waals surface area contributed by atoms with E-state index in [9.17, 15) is 5.11 Å². The lowest BCUT2D eigenvalue weighted by atomic mass is 10.1. The smallest absolute Gasteiger partial charge is 0.0681 e. The van der Waals surface area contributed by atoms with Gasteiger partial charge >= 0.3 is 0 Å². The number of aliphatic hydroxyl groups excluding tert-OH is 2. The highest BCUT2D eigenvalue weighted by Gasteiger charge is 2.17. The number of nitrogens with zero attached hydrogens (tertiary/aromatic N) is 1. The van der Waals surface area contributed by atoms with Crippen LogP contribution in [0.2, 0.25) is 0 Å². The van der Waals surface area contributed by atoms with Crippen LogP contribution in [0.4, 0.5) is 0 Å². The summed E-state index contributed by atoms with van der Waals surface area (Å²) in [5, 5.41) is 18.5. The van der Waals surface area contributed by atoms with E-state index in [4.69, 9.17) is 5.11 Å². The van der Waals surface area contributed by atoms with Crippen LogP contribution < -0.4 is 0 Å². The molecule has 0 aromatic heterocycles. The van der Waals surface area contributed by atoms with Crippen molar-refractivity contribution >= 4 is 0 Å². The van der Waals surface area contributed by atoms with Crippen LogP contribution in [0.5, 0.6) is 0 Å². The third-order valence-corrected chi connectivity index (χ3v) is 3.09. The van der Waals surface area contributed by atoms with Gasteiger partial charge < -0.3 is 10.2 Å². The zero-order valence-electron chi connectivity index (χ0n) is 9.47. The Hall–Kier alpha value is -0.900. The molecule has 3 heteroatoms. The summed E-state index contributed by atoms with van der Waals surface area (Å²) in [4.78, 5) is 2.28. The first-order valence-corrected chi connectivity index (χ1v) is 5.87. The summed E-state index contributed by atoms with van der Waals surface area (Å²) in [6.07, 6.45) is 1.85. The van der Waals surface area contributed by atoms with Crippen LogP contribution in [0, 0.1) is 0 Å². The van der Waals surface area contributed by atoms with Crippen molar-refractivity contribution in [1.82, 2.24) is 4.90 Å². The molecule has 0 bridgehead atoms. The van der Waals surface area contributed by atoms with Gasteiger partial charge in [0.05, 0.1) is 12.7 Å². The maximum Gasteiger partial charge on any atom is 0.0681 e. The van der Waals surface area contributed by atoms with E-state index in [-0.39, 0.29) is 12.7 Å². The summed E-state index contributed by atoms with van der Waals surface area (Å²) in [5.41, 5.74) is 2.19. The molecule has 1 heterocycles. The number of benzene rings is 1. The molecular weight excluding hydrogens is 202 g/mol. The van der Waals surface area contributed by atoms with Crippen molar-refractivity contribution in [1.29, 1.82) is 0 Å². The molecule has 3 nitrogen and oxygen atoms in total. The van der Waals surface area contributed by atoms with Crippen LogP contribution in [-0.2, 0) is 13.2 Å². The van der Waals surface area contributed by atoms with E-state index in [1.165, 1.54) is 5.56 Å². The minimum absolute atomic E-state index is 0.0999. The Bertz CT molecular complexity index is 323. The Morgan fingerprint density at radius 3 is 2.50 bits per heavy atom. The first-order valence-electron chi connectivity index (χ1n) is 5.87. The fourth-order valence-electron chi connectivity index (χ4n) is 2.18. The van der Waals surface area contributed by atoms with Crippen LogP contribution in [0.25, 0.3) is 0 Å². The monoisotopic (exact) mass is 221 g/mol. The predicted molar refractivity (Wildman–Crippen MR) is 62.9 cm³/mol. The molecule has 0 spiro atoms. The number of rotatable bonds is 3. The summed E-state index contributed by atoms with van der Waals surface area (Å²) < 4.78 is 0. The highest BCUT2D eigenvalue weighted by molar-refractivity contribution is 5.21. The summed E-state index contributed by atoms with van der Waals surface area (Å²) in [6.45, 7) is 2.84. The molecule has 1 aromatic carbocycles. The molecule has 88 valence electrons. The second-order valence-electron chi connectivity index (χ2n) is 4.51. The zero-order valence-corrected chi connectivity index (χ0v) is 9.47. The van der Waals surface area contributed by atoms with Crippen molar-refractivity contribution in [2.45, 2.75) is 32.1 Å². The predicted octanol–water partition coefficient (Wildman–Crippen LogP) is 1.14. The van der Waals surface area contributed by atoms with Gasteiger partial charge in [-0.1, -0.05) is 24.3 Å². The van der Waals surface area contributed by atoms with Gasteiger partial charge in [-0.3, -0.25) is 4.90 Å². The Balaban J connectivity index is 1.92. The maximum atomic E-state index is 9.57. The lowest BCUT2D eigenvalue weighted by Crippen LogP contribution is -2.37. The second kappa shape index (κ2) is 5.43. The van der Waals surface area contributed by atoms with Crippen molar-refractivity contribution in [3.8, 4) is 0 Å². The van der Waals surface area contributed by atoms with Crippen LogP contribution in [0.15, 0.2) is 24.3 Å². The molecule has 1 aliphatic heterocycles. The van der Waals surface area contributed by atoms with Crippen LogP contribution in [-0.4, -0.2) is 34.3 Å². The number of piperidine rings is 1. The van der Waals surface area contributed by atoms with Crippen molar-refractivity contribution in [2.75, 3.05) is 13.1 Å². The van der Waals surface area contributed by atoms with Gasteiger partial charge in [-0.2, -0.15) is 0 Å². The number of likely N-dealkylation sites (tertiary alicyclic amines) is 1. The average Bonchev–Trinajstić information content (AvgIpc) is 2.30. The normalized spacial score (nSPS) is 22.2. The fourth-order valence-corrected chi connectivity index (χ4v) is 2.18. The van der Waals surface area contributed by atoms with Crippen molar-refractivity contribution in [2.24, 2.45) is 0 Å². The van der Waals surface area contributed by atoms with Gasteiger partial charge in [-0.05, 0) is 30.5 Å². The maximum absolute atomic E-state index is 9.57. The number of aliphatic hydroxyl groups is 2. The van der Waals surface area contributed by atoms with Crippen molar-refractivity contribution in [3.63, 3.8) is 0 Å². The summed E-state index contributed by atoms with van der Waals surface area (Å²) in [6, 6.07) is 8.00. The highest BCUT2D eigenvalue weighted by Crippen LogP contribution is 2.14. The topological polar surface area (TPSA) is 43.7 Å². The average molecular weight is 221 g/mol. The Kier molecular flexibility index (Phi) is 3.93. The van der Waals surface area contributed by atoms with E-state index in [0.717, 1.165) is 38.0 Å². The van der Waals surface area contributed by atoms with Gasteiger partial charge in [0.25, 0.3) is 0 Å². The molecule has 0 radical (unpaired) electrons. The quantitative estimate of drug-likeness (QED) is 0.804. The summed E-state index contributed by atoms with van der Waals surface area (Å²) in [7, 11) is 0. The summed E-state index contributed by atoms with van der Waals surface area (Å²) in [5.74, 6) is 0. The molecular formula is C13H19NO2. The van der Waals surface area contributed by atoms with Crippen LogP contribution in [0.3, 0.4) is 0 Å². The largest absolute Gasteiger partial charge is 0.392 e. The number of hydrogen-bond acceptors (Lipinski definition) is 3. The molecule has 0 amide bonds. The second-order valence-corrected chi connectivity index (χ2v) is 4.51. The van der Waals surface area contributed by atoms with Gasteiger partial charge in [0.15, 0.2) is 0 Å². The highest BCUT2D eigenvalue weighted by atomic mass is 16.3. The van der Waals surface area contributed by atoms with Crippen molar-refractivity contribution < 1.29 is 10.2 Å². The first-order chi connectivity index (χ1) is 7.78. The Morgan fingerprint density at radius 2 is 1.88 bits per heavy atom. The Labute approximate surface area is 96.3 Å². The zero-order chi connectivity index (χ0) is 11.4. The molecule has 1 atom stereocenters. The summed E-state index contributed by atoms with van der Waals surface area (Å²) >= 11 is 0. The van der Waals surface area contributed by atoms with Gasteiger partial charge in [0.1, 0.15) is 0 Å². The fraction of sp³-hybridized carbons (Fsp3) is 0.538. The lowest BCUT2D eigenvalue weighted by molar-refractivity contribution is 0.0668. The Morgan fingerprint density at radius 1 is 1.19 bits per heavy atom. The lowest BCUT2D eigenvalue weighted by Gasteiger charge is -2.29. The molecule has 1 aromatic rings. The molecule has 1 fully saturated rings. The van der Waals surface area contributed by atoms with E-state index < -0.39 is 0 Å². The molecule has 16 heavy (non-hydrogen) atoms. The number of hydrogen-bond donors (Lipinski definition) is 2. The third-order valence-electron chi connectivity index (χ3n) is 3.09. The molecule has 1 saturated heterocycles. The van der Waals surface area contributed by atoms with Crippen LogP contribution in [0.1, 0.15) is 24.0 Å². The van der Waals surface area contributed by atoms with E-state index in [0.29, 0.717) is 0 Å². The minimum atomic E-state index is -0.162. The molecule has 0 saturated carbocycles. The van der Waals surface area contributed by atoms with E-state index in [1.807, 2.05) is 24.3 Å². The van der Waals surface area contributed by atoms with Gasteiger partial charge in [-0.15, -0.1) is 0 Å². The molecule has 0 aliphatic carbocycles. The van der Waals surface area contributed by atoms with Crippen molar-refractivity contribution in [3.05, 3.63) is 35.4 Å². The SMILES string of the molecule is OCc1ccc(CN2CCC[C@H](O)C2)cc1. The molecule has 0 unspecified atom stereocenters. The van der Waals surface area contributed by atoms with E-state index in [1.54, 1.807) is 0 Å². The molecule has 2 N–H and O–H groups in total. The first kappa shape index (κ1) is 11.6. The van der Waals surface area contributed by atoms with Gasteiger partial charge in [0, 0.05) is 13.1 Å². The van der Waals surface area contributed by atoms with Gasteiger partial charge in [0.2, 0.25) is 0 Å². The molecule has 2 rings (SSSR count). The number of β-amino-alcohol motifs (C(OH)–C–C–N with tert-alkyl or cyclic N) is 1. The van der Waals surface area contributed by atoms with Gasteiger partial charge in [-0.25, -0.2) is 0 Å².